The summed E-state index contributed by atoms with van der Waals surface area (Å²) in [6.45, 7) is 0. The summed E-state index contributed by atoms with van der Waals surface area (Å²) in [6, 6.07) is 72.9. The first-order valence-electron chi connectivity index (χ1n) is 22.6. The number of para-hydroxylation sites is 3. The summed E-state index contributed by atoms with van der Waals surface area (Å²) in [4.78, 5) is 16.0. The maximum atomic E-state index is 6.78. The van der Waals surface area contributed by atoms with Crippen LogP contribution < -0.4 is 0 Å². The Morgan fingerprint density at radius 2 is 0.955 bits per heavy atom. The van der Waals surface area contributed by atoms with Crippen molar-refractivity contribution in [3.05, 3.63) is 206 Å². The minimum Gasteiger partial charge on any atom is -0.456 e. The molecule has 4 heterocycles. The molecule has 0 aliphatic rings. The van der Waals surface area contributed by atoms with Crippen molar-refractivity contribution in [2.45, 2.75) is 0 Å². The van der Waals surface area contributed by atoms with Crippen LogP contribution in [-0.2, 0) is 0 Å². The van der Waals surface area contributed by atoms with Crippen LogP contribution in [0.15, 0.2) is 215 Å². The first kappa shape index (κ1) is 36.2. The molecule has 0 N–H and O–H groups in total. The maximum absolute atomic E-state index is 6.78. The Labute approximate surface area is 381 Å². The summed E-state index contributed by atoms with van der Waals surface area (Å²) in [6.07, 6.45) is 0. The lowest BCUT2D eigenvalue weighted by molar-refractivity contribution is 0.669. The molecule has 15 rings (SSSR count). The smallest absolute Gasteiger partial charge is 0.167 e. The molecule has 6 heteroatoms. The highest BCUT2D eigenvalue weighted by molar-refractivity contribution is 6.24. The van der Waals surface area contributed by atoms with Crippen LogP contribution in [0.2, 0.25) is 0 Å². The second-order valence-corrected chi connectivity index (χ2v) is 17.5. The third-order valence-corrected chi connectivity index (χ3v) is 13.8. The molecule has 0 radical (unpaired) electrons. The molecule has 0 spiro atoms. The quantitative estimate of drug-likeness (QED) is 0.176. The zero-order chi connectivity index (χ0) is 43.7. The number of fused-ring (bicyclic) bond motifs is 15. The summed E-state index contributed by atoms with van der Waals surface area (Å²) in [5.74, 6) is 1.63. The maximum Gasteiger partial charge on any atom is 0.167 e. The van der Waals surface area contributed by atoms with E-state index >= 15 is 0 Å². The molecule has 0 aliphatic carbocycles. The molecule has 0 unspecified atom stereocenters. The minimum atomic E-state index is 0.525. The van der Waals surface area contributed by atoms with Crippen LogP contribution >= 0.6 is 0 Å². The Bertz CT molecular complexity index is 4590. The minimum absolute atomic E-state index is 0.525. The topological polar surface area (TPSA) is 69.9 Å². The molecule has 67 heavy (non-hydrogen) atoms. The molecule has 0 bridgehead atoms. The van der Waals surface area contributed by atoms with Crippen LogP contribution in [0, 0.1) is 0 Å². The highest BCUT2D eigenvalue weighted by Crippen LogP contribution is 2.44. The van der Waals surface area contributed by atoms with Crippen molar-refractivity contribution in [2.24, 2.45) is 0 Å². The van der Waals surface area contributed by atoms with E-state index in [0.717, 1.165) is 93.3 Å². The fourth-order valence-electron chi connectivity index (χ4n) is 10.7. The number of hydrogen-bond acceptors (Lipinski definition) is 5. The van der Waals surface area contributed by atoms with Crippen molar-refractivity contribution in [3.63, 3.8) is 0 Å². The number of nitrogens with zero attached hydrogens (tertiary/aromatic N) is 4. The molecule has 4 aromatic heterocycles. The first-order chi connectivity index (χ1) is 33.2. The van der Waals surface area contributed by atoms with E-state index in [-0.39, 0.29) is 0 Å². The molecular formula is C61H34N4O2. The Balaban J connectivity index is 1.04. The fraction of sp³-hybridized carbons (Fsp3) is 0. The van der Waals surface area contributed by atoms with Gasteiger partial charge in [-0.3, -0.25) is 0 Å². The third kappa shape index (κ3) is 5.35. The van der Waals surface area contributed by atoms with Gasteiger partial charge in [-0.1, -0.05) is 152 Å². The predicted octanol–water partition coefficient (Wildman–Crippen LogP) is 16.4. The normalized spacial score (nSPS) is 12.2. The number of aromatic nitrogens is 4. The van der Waals surface area contributed by atoms with Crippen LogP contribution in [0.4, 0.5) is 0 Å². The third-order valence-electron chi connectivity index (χ3n) is 13.8. The average molecular weight is 855 g/mol. The van der Waals surface area contributed by atoms with Gasteiger partial charge in [0.25, 0.3) is 0 Å². The van der Waals surface area contributed by atoms with Crippen molar-refractivity contribution < 1.29 is 8.83 Å². The van der Waals surface area contributed by atoms with Crippen LogP contribution in [0.3, 0.4) is 0 Å². The Kier molecular flexibility index (Phi) is 7.40. The zero-order valence-electron chi connectivity index (χ0n) is 35.7. The van der Waals surface area contributed by atoms with Crippen molar-refractivity contribution in [1.82, 2.24) is 19.5 Å². The highest BCUT2D eigenvalue weighted by atomic mass is 16.3. The van der Waals surface area contributed by atoms with Gasteiger partial charge in [0.2, 0.25) is 0 Å². The number of hydrogen-bond donors (Lipinski definition) is 0. The van der Waals surface area contributed by atoms with Gasteiger partial charge in [0.1, 0.15) is 22.3 Å². The van der Waals surface area contributed by atoms with Gasteiger partial charge in [-0.25, -0.2) is 15.0 Å². The molecule has 6 nitrogen and oxygen atoms in total. The van der Waals surface area contributed by atoms with Gasteiger partial charge in [-0.15, -0.1) is 0 Å². The van der Waals surface area contributed by atoms with E-state index in [2.05, 4.69) is 174 Å². The standard InChI is InChI=1S/C61H34N4O2/c1-2-14-37-30-40(25-24-35(37)12-1)59-62-60(48-21-11-20-46-44-18-7-9-22-53(44)67-58(46)48)64-61(63-59)51-34-55-56(47-19-8-10-23-54(47)66-55)50-33-41(27-29-43(50)51)65-52-32-39-16-4-3-15-38(39)31-49(52)45-28-26-36-13-5-6-17-42(36)57(45)65/h1-34H. The number of benzene rings is 11. The second kappa shape index (κ2) is 13.7. The van der Waals surface area contributed by atoms with Gasteiger partial charge in [0.05, 0.1) is 16.6 Å². The molecule has 310 valence electrons. The number of rotatable bonds is 4. The Hall–Kier alpha value is -9.13. The van der Waals surface area contributed by atoms with Crippen molar-refractivity contribution in [3.8, 4) is 39.9 Å². The van der Waals surface area contributed by atoms with E-state index in [0.29, 0.717) is 17.5 Å². The Morgan fingerprint density at radius 1 is 0.328 bits per heavy atom. The largest absolute Gasteiger partial charge is 0.456 e. The summed E-state index contributed by atoms with van der Waals surface area (Å²) < 4.78 is 15.8. The molecule has 0 aliphatic heterocycles. The Morgan fingerprint density at radius 3 is 1.79 bits per heavy atom. The molecule has 0 amide bonds. The van der Waals surface area contributed by atoms with Gasteiger partial charge in [-0.05, 0) is 92.3 Å². The van der Waals surface area contributed by atoms with Gasteiger partial charge < -0.3 is 13.4 Å². The van der Waals surface area contributed by atoms with E-state index in [1.807, 2.05) is 36.4 Å². The summed E-state index contributed by atoms with van der Waals surface area (Å²) in [5.41, 5.74) is 9.03. The average Bonchev–Trinajstić information content (AvgIpc) is 4.07. The SMILES string of the molecule is c1ccc2cc(-c3nc(-c4cc5oc6ccccc6c5c5cc(-n6c7cc8ccccc8cc7c7ccc8ccccc8c76)ccc45)nc(-c4cccc5c4oc4ccccc45)n3)ccc2c1. The van der Waals surface area contributed by atoms with E-state index in [1.54, 1.807) is 0 Å². The van der Waals surface area contributed by atoms with E-state index < -0.39 is 0 Å². The molecule has 0 atom stereocenters. The second-order valence-electron chi connectivity index (χ2n) is 17.5. The molecule has 0 saturated carbocycles. The summed E-state index contributed by atoms with van der Waals surface area (Å²) in [5, 5.41) is 15.7. The lowest BCUT2D eigenvalue weighted by Gasteiger charge is -2.14. The van der Waals surface area contributed by atoms with Crippen molar-refractivity contribution in [1.29, 1.82) is 0 Å². The van der Waals surface area contributed by atoms with Gasteiger partial charge in [0, 0.05) is 54.5 Å². The lowest BCUT2D eigenvalue weighted by atomic mass is 9.97. The van der Waals surface area contributed by atoms with E-state index in [4.69, 9.17) is 23.8 Å². The first-order valence-corrected chi connectivity index (χ1v) is 22.6. The molecule has 0 saturated heterocycles. The molecule has 15 aromatic rings. The van der Waals surface area contributed by atoms with Gasteiger partial charge in [-0.2, -0.15) is 0 Å². The monoisotopic (exact) mass is 854 g/mol. The van der Waals surface area contributed by atoms with Crippen LogP contribution in [0.1, 0.15) is 0 Å². The number of furan rings is 2. The molecular weight excluding hydrogens is 821 g/mol. The van der Waals surface area contributed by atoms with E-state index in [9.17, 15) is 0 Å². The fourth-order valence-corrected chi connectivity index (χ4v) is 10.7. The van der Waals surface area contributed by atoms with Crippen LogP contribution in [0.5, 0.6) is 0 Å². The van der Waals surface area contributed by atoms with Crippen LogP contribution in [-0.4, -0.2) is 19.5 Å². The van der Waals surface area contributed by atoms with Gasteiger partial charge >= 0.3 is 0 Å². The van der Waals surface area contributed by atoms with Crippen LogP contribution in [0.25, 0.3) is 149 Å². The summed E-state index contributed by atoms with van der Waals surface area (Å²) >= 11 is 0. The zero-order valence-corrected chi connectivity index (χ0v) is 35.7. The van der Waals surface area contributed by atoms with Crippen molar-refractivity contribution in [2.75, 3.05) is 0 Å². The van der Waals surface area contributed by atoms with E-state index in [1.165, 1.54) is 37.8 Å². The predicted molar refractivity (Wildman–Crippen MR) is 275 cm³/mol. The van der Waals surface area contributed by atoms with Gasteiger partial charge in [0.15, 0.2) is 17.5 Å². The molecule has 0 fully saturated rings. The highest BCUT2D eigenvalue weighted by Gasteiger charge is 2.23. The lowest BCUT2D eigenvalue weighted by Crippen LogP contribution is -2.01. The molecule has 11 aromatic carbocycles. The van der Waals surface area contributed by atoms with Crippen molar-refractivity contribution >= 4 is 109 Å². The summed E-state index contributed by atoms with van der Waals surface area (Å²) in [7, 11) is 0.